The summed E-state index contributed by atoms with van der Waals surface area (Å²) >= 11 is 1.65. The van der Waals surface area contributed by atoms with Crippen molar-refractivity contribution in [3.05, 3.63) is 22.7 Å². The number of hydrogen-bond acceptors (Lipinski definition) is 2. The second-order valence-electron chi connectivity index (χ2n) is 3.67. The maximum atomic E-state index is 4.45. The Bertz CT molecular complexity index is 301. The zero-order valence-corrected chi connectivity index (χ0v) is 10.2. The molecular weight excluding hydrogens is 190 g/mol. The van der Waals surface area contributed by atoms with E-state index in [1.807, 2.05) is 6.08 Å². The van der Waals surface area contributed by atoms with Crippen molar-refractivity contribution in [3.63, 3.8) is 0 Å². The number of rotatable bonds is 5. The number of hydrogen-bond donors (Lipinski definition) is 0. The summed E-state index contributed by atoms with van der Waals surface area (Å²) in [5.41, 5.74) is 2.54. The first kappa shape index (κ1) is 11.4. The Morgan fingerprint density at radius 1 is 1.50 bits per heavy atom. The Morgan fingerprint density at radius 3 is 2.71 bits per heavy atom. The molecule has 2 heteroatoms. The van der Waals surface area contributed by atoms with E-state index in [-0.39, 0.29) is 0 Å². The summed E-state index contributed by atoms with van der Waals surface area (Å²) in [7, 11) is 0. The molecule has 0 bridgehead atoms. The molecule has 0 N–H and O–H groups in total. The molecule has 1 aromatic heterocycles. The molecule has 0 amide bonds. The summed E-state index contributed by atoms with van der Waals surface area (Å²) in [5.74, 6) is 0.614. The number of nitrogens with zero attached hydrogens (tertiary/aromatic N) is 1. The predicted octanol–water partition coefficient (Wildman–Crippen LogP) is 4.25. The fraction of sp³-hybridized carbons (Fsp3) is 0.583. The second kappa shape index (κ2) is 5.30. The van der Waals surface area contributed by atoms with Crippen LogP contribution in [0.3, 0.4) is 0 Å². The Hall–Kier alpha value is -0.630. The van der Waals surface area contributed by atoms with E-state index in [9.17, 15) is 0 Å². The maximum absolute atomic E-state index is 4.45. The van der Waals surface area contributed by atoms with Crippen LogP contribution in [0.4, 0.5) is 0 Å². The van der Waals surface area contributed by atoms with Crippen molar-refractivity contribution in [1.29, 1.82) is 0 Å². The minimum absolute atomic E-state index is 0.614. The maximum Gasteiger partial charge on any atom is 0.0800 e. The Balaban J connectivity index is 3.05. The predicted molar refractivity (Wildman–Crippen MR) is 64.9 cm³/mol. The molecule has 1 heterocycles. The number of aromatic nitrogens is 1. The molecule has 14 heavy (non-hydrogen) atoms. The summed E-state index contributed by atoms with van der Waals surface area (Å²) in [6, 6.07) is 0. The summed E-state index contributed by atoms with van der Waals surface area (Å²) < 4.78 is 4.45. The summed E-state index contributed by atoms with van der Waals surface area (Å²) in [6.45, 7) is 10.5. The van der Waals surface area contributed by atoms with E-state index in [1.54, 1.807) is 11.5 Å². The van der Waals surface area contributed by atoms with Crippen molar-refractivity contribution in [1.82, 2.24) is 4.37 Å². The van der Waals surface area contributed by atoms with Crippen molar-refractivity contribution in [2.75, 3.05) is 0 Å². The van der Waals surface area contributed by atoms with Gasteiger partial charge in [0.1, 0.15) is 0 Å². The molecule has 0 aliphatic heterocycles. The second-order valence-corrected chi connectivity index (χ2v) is 4.53. The van der Waals surface area contributed by atoms with Crippen molar-refractivity contribution in [2.24, 2.45) is 0 Å². The van der Waals surface area contributed by atoms with Crippen LogP contribution >= 0.6 is 11.5 Å². The zero-order valence-electron chi connectivity index (χ0n) is 9.34. The zero-order chi connectivity index (χ0) is 10.6. The highest BCUT2D eigenvalue weighted by Crippen LogP contribution is 2.30. The molecule has 1 rings (SSSR count). The van der Waals surface area contributed by atoms with E-state index < -0.39 is 0 Å². The summed E-state index contributed by atoms with van der Waals surface area (Å²) in [4.78, 5) is 1.46. The van der Waals surface area contributed by atoms with E-state index >= 15 is 0 Å². The first-order valence-electron chi connectivity index (χ1n) is 5.35. The molecule has 0 radical (unpaired) electrons. The van der Waals surface area contributed by atoms with Crippen LogP contribution in [0.5, 0.6) is 0 Å². The third kappa shape index (κ3) is 2.24. The van der Waals surface area contributed by atoms with Gasteiger partial charge in [0.2, 0.25) is 0 Å². The standard InChI is InChI=1S/C12H19NS/c1-5-8-11-12(9(4)6-2)10(7-3)13-14-11/h7,9H,3,5-6,8H2,1-2,4H3. The van der Waals surface area contributed by atoms with Crippen molar-refractivity contribution >= 4 is 17.6 Å². The normalized spacial score (nSPS) is 12.8. The first-order valence-corrected chi connectivity index (χ1v) is 6.12. The first-order chi connectivity index (χ1) is 6.74. The smallest absolute Gasteiger partial charge is 0.0800 e. The van der Waals surface area contributed by atoms with Gasteiger partial charge < -0.3 is 0 Å². The molecule has 1 unspecified atom stereocenters. The lowest BCUT2D eigenvalue weighted by Crippen LogP contribution is -1.96. The molecule has 1 aromatic rings. The van der Waals surface area contributed by atoms with Crippen LogP contribution in [0.2, 0.25) is 0 Å². The van der Waals surface area contributed by atoms with Crippen LogP contribution in [0.1, 0.15) is 55.7 Å². The monoisotopic (exact) mass is 209 g/mol. The average molecular weight is 209 g/mol. The Kier molecular flexibility index (Phi) is 4.33. The fourth-order valence-corrected chi connectivity index (χ4v) is 2.71. The van der Waals surface area contributed by atoms with E-state index in [4.69, 9.17) is 0 Å². The van der Waals surface area contributed by atoms with Crippen LogP contribution in [-0.4, -0.2) is 4.37 Å². The largest absolute Gasteiger partial charge is 0.193 e. The van der Waals surface area contributed by atoms with Gasteiger partial charge in [-0.2, -0.15) is 4.37 Å². The Labute approximate surface area is 91.0 Å². The van der Waals surface area contributed by atoms with Crippen LogP contribution in [-0.2, 0) is 6.42 Å². The molecule has 0 aliphatic rings. The highest BCUT2D eigenvalue weighted by Gasteiger charge is 2.15. The SMILES string of the molecule is C=Cc1nsc(CCC)c1C(C)CC. The fourth-order valence-electron chi connectivity index (χ4n) is 1.63. The third-order valence-corrected chi connectivity index (χ3v) is 3.54. The molecule has 0 fully saturated rings. The van der Waals surface area contributed by atoms with Crippen LogP contribution < -0.4 is 0 Å². The number of aryl methyl sites for hydroxylation is 1. The molecule has 1 nitrogen and oxygen atoms in total. The lowest BCUT2D eigenvalue weighted by atomic mass is 9.95. The average Bonchev–Trinajstić information content (AvgIpc) is 2.60. The minimum Gasteiger partial charge on any atom is -0.193 e. The van der Waals surface area contributed by atoms with Gasteiger partial charge in [-0.1, -0.05) is 33.8 Å². The lowest BCUT2D eigenvalue weighted by Gasteiger charge is -2.10. The third-order valence-electron chi connectivity index (χ3n) is 2.61. The van der Waals surface area contributed by atoms with Crippen LogP contribution in [0, 0.1) is 0 Å². The van der Waals surface area contributed by atoms with Crippen LogP contribution in [0.25, 0.3) is 6.08 Å². The molecule has 1 atom stereocenters. The molecular formula is C12H19NS. The molecule has 0 spiro atoms. The molecule has 78 valence electrons. The highest BCUT2D eigenvalue weighted by molar-refractivity contribution is 7.06. The van der Waals surface area contributed by atoms with Gasteiger partial charge in [-0.3, -0.25) is 0 Å². The van der Waals surface area contributed by atoms with Gasteiger partial charge in [0.05, 0.1) is 5.69 Å². The Morgan fingerprint density at radius 2 is 2.21 bits per heavy atom. The molecule has 0 aromatic carbocycles. The van der Waals surface area contributed by atoms with E-state index in [0.717, 1.165) is 12.1 Å². The molecule has 0 saturated heterocycles. The van der Waals surface area contributed by atoms with Crippen molar-refractivity contribution in [3.8, 4) is 0 Å². The summed E-state index contributed by atoms with van der Waals surface area (Å²) in [5, 5.41) is 0. The lowest BCUT2D eigenvalue weighted by molar-refractivity contribution is 0.721. The van der Waals surface area contributed by atoms with Gasteiger partial charge in [0, 0.05) is 4.88 Å². The van der Waals surface area contributed by atoms with Gasteiger partial charge in [0.15, 0.2) is 0 Å². The van der Waals surface area contributed by atoms with Gasteiger partial charge in [-0.15, -0.1) is 0 Å². The van der Waals surface area contributed by atoms with E-state index in [2.05, 4.69) is 31.7 Å². The molecule has 0 aliphatic carbocycles. The van der Waals surface area contributed by atoms with Crippen LogP contribution in [0.15, 0.2) is 6.58 Å². The van der Waals surface area contributed by atoms with Gasteiger partial charge in [-0.25, -0.2) is 0 Å². The molecule has 0 saturated carbocycles. The van der Waals surface area contributed by atoms with Gasteiger partial charge in [0.25, 0.3) is 0 Å². The quantitative estimate of drug-likeness (QED) is 0.706. The highest BCUT2D eigenvalue weighted by atomic mass is 32.1. The van der Waals surface area contributed by atoms with Crippen molar-refractivity contribution < 1.29 is 0 Å². The van der Waals surface area contributed by atoms with Gasteiger partial charge in [-0.05, 0) is 41.9 Å². The van der Waals surface area contributed by atoms with E-state index in [1.165, 1.54) is 23.3 Å². The minimum atomic E-state index is 0.614. The van der Waals surface area contributed by atoms with E-state index in [0.29, 0.717) is 5.92 Å². The topological polar surface area (TPSA) is 12.9 Å². The van der Waals surface area contributed by atoms with Gasteiger partial charge >= 0.3 is 0 Å². The van der Waals surface area contributed by atoms with Crippen molar-refractivity contribution in [2.45, 2.75) is 46.0 Å². The summed E-state index contributed by atoms with van der Waals surface area (Å²) in [6.07, 6.45) is 5.42.